The predicted molar refractivity (Wildman–Crippen MR) is 229 cm³/mol. The molecule has 0 saturated carbocycles. The Kier molecular flexibility index (Phi) is 7.42. The number of para-hydroxylation sites is 2. The molecule has 11 aromatic rings. The van der Waals surface area contributed by atoms with E-state index < -0.39 is 0 Å². The van der Waals surface area contributed by atoms with Crippen molar-refractivity contribution in [2.75, 3.05) is 0 Å². The van der Waals surface area contributed by atoms with Crippen LogP contribution in [0.5, 0.6) is 0 Å². The number of fused-ring (bicyclic) bond motifs is 6. The fraction of sp³-hybridized carbons (Fsp3) is 0. The minimum Gasteiger partial charge on any atom is -0.455 e. The maximum Gasteiger partial charge on any atom is 0.164 e. The molecule has 0 aliphatic carbocycles. The van der Waals surface area contributed by atoms with E-state index in [1.807, 2.05) is 42.5 Å². The topological polar surface area (TPSA) is 56.7 Å². The third-order valence-electron chi connectivity index (χ3n) is 10.7. The standard InChI is InChI=1S/C51H32N4O/c1-4-14-33(15-5-1)34-24-26-37(27-25-34)50-52-49(36-18-8-3-9-19-36)53-51(54-50)38-28-29-42-44-32-39(31-43(35-16-6-2-7-17-35)48(44)56-47(42)30-38)55-45-22-12-10-20-40(45)41-21-11-13-23-46(41)55/h1-32H. The highest BCUT2D eigenvalue weighted by Gasteiger charge is 2.20. The first-order chi connectivity index (χ1) is 27.7. The molecule has 8 aromatic carbocycles. The lowest BCUT2D eigenvalue weighted by Crippen LogP contribution is -2.00. The molecule has 0 bridgehead atoms. The van der Waals surface area contributed by atoms with Crippen LogP contribution in [0.4, 0.5) is 0 Å². The number of aromatic nitrogens is 4. The summed E-state index contributed by atoms with van der Waals surface area (Å²) >= 11 is 0. The number of rotatable bonds is 6. The monoisotopic (exact) mass is 716 g/mol. The van der Waals surface area contributed by atoms with Gasteiger partial charge in [0.25, 0.3) is 0 Å². The molecule has 0 amide bonds. The molecule has 0 unspecified atom stereocenters. The third-order valence-corrected chi connectivity index (χ3v) is 10.7. The van der Waals surface area contributed by atoms with Gasteiger partial charge in [-0.25, -0.2) is 15.0 Å². The molecule has 5 nitrogen and oxygen atoms in total. The Morgan fingerprint density at radius 1 is 0.339 bits per heavy atom. The molecule has 0 radical (unpaired) electrons. The smallest absolute Gasteiger partial charge is 0.164 e. The largest absolute Gasteiger partial charge is 0.455 e. The number of nitrogens with zero attached hydrogens (tertiary/aromatic N) is 4. The van der Waals surface area contributed by atoms with Crippen LogP contribution >= 0.6 is 0 Å². The van der Waals surface area contributed by atoms with E-state index in [-0.39, 0.29) is 0 Å². The van der Waals surface area contributed by atoms with Crippen molar-refractivity contribution in [3.8, 4) is 62.1 Å². The lowest BCUT2D eigenvalue weighted by Gasteiger charge is -2.11. The normalized spacial score (nSPS) is 11.6. The minimum absolute atomic E-state index is 0.581. The molecule has 0 atom stereocenters. The van der Waals surface area contributed by atoms with Crippen LogP contribution in [0.15, 0.2) is 199 Å². The molecular formula is C51H32N4O. The van der Waals surface area contributed by atoms with Gasteiger partial charge < -0.3 is 8.98 Å². The molecule has 0 saturated heterocycles. The molecule has 262 valence electrons. The van der Waals surface area contributed by atoms with Gasteiger partial charge >= 0.3 is 0 Å². The summed E-state index contributed by atoms with van der Waals surface area (Å²) in [4.78, 5) is 15.1. The van der Waals surface area contributed by atoms with Crippen molar-refractivity contribution in [2.45, 2.75) is 0 Å². The third kappa shape index (κ3) is 5.37. The summed E-state index contributed by atoms with van der Waals surface area (Å²) in [5, 5.41) is 4.52. The SMILES string of the molecule is c1ccc(-c2ccc(-c3nc(-c4ccccc4)nc(-c4ccc5c(c4)oc4c(-c6ccccc6)cc(-n6c7ccccc7c7ccccc76)cc45)n3)cc2)cc1. The summed E-state index contributed by atoms with van der Waals surface area (Å²) in [7, 11) is 0. The number of hydrogen-bond donors (Lipinski definition) is 0. The maximum absolute atomic E-state index is 6.85. The van der Waals surface area contributed by atoms with E-state index in [9.17, 15) is 0 Å². The van der Waals surface area contributed by atoms with Crippen LogP contribution in [-0.2, 0) is 0 Å². The van der Waals surface area contributed by atoms with E-state index in [1.54, 1.807) is 0 Å². The van der Waals surface area contributed by atoms with Crippen LogP contribution < -0.4 is 0 Å². The summed E-state index contributed by atoms with van der Waals surface area (Å²) < 4.78 is 9.22. The number of hydrogen-bond acceptors (Lipinski definition) is 4. The maximum atomic E-state index is 6.85. The molecule has 0 fully saturated rings. The van der Waals surface area contributed by atoms with Crippen LogP contribution in [0.1, 0.15) is 0 Å². The summed E-state index contributed by atoms with van der Waals surface area (Å²) in [5.74, 6) is 1.81. The van der Waals surface area contributed by atoms with Crippen LogP contribution in [0.3, 0.4) is 0 Å². The van der Waals surface area contributed by atoms with Crippen LogP contribution in [-0.4, -0.2) is 19.5 Å². The summed E-state index contributed by atoms with van der Waals surface area (Å²) in [6.07, 6.45) is 0. The first-order valence-electron chi connectivity index (χ1n) is 18.8. The molecule has 0 aliphatic rings. The number of furan rings is 1. The average molecular weight is 717 g/mol. The van der Waals surface area contributed by atoms with Crippen molar-refractivity contribution < 1.29 is 4.42 Å². The molecule has 5 heteroatoms. The molecule has 11 rings (SSSR count). The highest BCUT2D eigenvalue weighted by Crippen LogP contribution is 2.41. The Bertz CT molecular complexity index is 3170. The van der Waals surface area contributed by atoms with E-state index in [0.29, 0.717) is 17.5 Å². The lowest BCUT2D eigenvalue weighted by molar-refractivity contribution is 0.670. The second kappa shape index (κ2) is 13.0. The summed E-state index contributed by atoms with van der Waals surface area (Å²) in [5.41, 5.74) is 12.1. The van der Waals surface area contributed by atoms with Gasteiger partial charge in [0.05, 0.1) is 11.0 Å². The van der Waals surface area contributed by atoms with Crippen molar-refractivity contribution in [1.29, 1.82) is 0 Å². The molecular weight excluding hydrogens is 685 g/mol. The molecule has 0 spiro atoms. The Morgan fingerprint density at radius 3 is 1.43 bits per heavy atom. The van der Waals surface area contributed by atoms with E-state index in [0.717, 1.165) is 77.6 Å². The van der Waals surface area contributed by atoms with Gasteiger partial charge in [-0.05, 0) is 53.1 Å². The van der Waals surface area contributed by atoms with Gasteiger partial charge in [0.1, 0.15) is 11.2 Å². The Labute approximate surface area is 322 Å². The first-order valence-corrected chi connectivity index (χ1v) is 18.8. The van der Waals surface area contributed by atoms with Crippen molar-refractivity contribution in [3.63, 3.8) is 0 Å². The second-order valence-corrected chi connectivity index (χ2v) is 14.0. The lowest BCUT2D eigenvalue weighted by atomic mass is 10.0. The first kappa shape index (κ1) is 31.9. The van der Waals surface area contributed by atoms with Crippen LogP contribution in [0.25, 0.3) is 106 Å². The van der Waals surface area contributed by atoms with Gasteiger partial charge in [-0.3, -0.25) is 0 Å². The zero-order chi connectivity index (χ0) is 37.0. The number of benzene rings is 8. The Balaban J connectivity index is 1.09. The molecule has 3 heterocycles. The molecule has 3 aromatic heterocycles. The predicted octanol–water partition coefficient (Wildman–Crippen LogP) is 13.2. The fourth-order valence-electron chi connectivity index (χ4n) is 7.96. The Hall–Kier alpha value is -7.63. The van der Waals surface area contributed by atoms with Gasteiger partial charge in [0, 0.05) is 49.5 Å². The van der Waals surface area contributed by atoms with E-state index in [1.165, 1.54) is 10.8 Å². The minimum atomic E-state index is 0.581. The second-order valence-electron chi connectivity index (χ2n) is 14.0. The Morgan fingerprint density at radius 2 is 0.804 bits per heavy atom. The fourth-order valence-corrected chi connectivity index (χ4v) is 7.96. The van der Waals surface area contributed by atoms with Gasteiger partial charge in [-0.15, -0.1) is 0 Å². The molecule has 0 aliphatic heterocycles. The van der Waals surface area contributed by atoms with Crippen molar-refractivity contribution in [3.05, 3.63) is 194 Å². The van der Waals surface area contributed by atoms with Gasteiger partial charge in [-0.2, -0.15) is 0 Å². The van der Waals surface area contributed by atoms with Gasteiger partial charge in [0.15, 0.2) is 17.5 Å². The molecule has 56 heavy (non-hydrogen) atoms. The zero-order valence-corrected chi connectivity index (χ0v) is 30.2. The van der Waals surface area contributed by atoms with Crippen molar-refractivity contribution in [1.82, 2.24) is 19.5 Å². The van der Waals surface area contributed by atoms with E-state index in [4.69, 9.17) is 19.4 Å². The van der Waals surface area contributed by atoms with E-state index in [2.05, 4.69) is 156 Å². The average Bonchev–Trinajstić information content (AvgIpc) is 3.82. The highest BCUT2D eigenvalue weighted by atomic mass is 16.3. The van der Waals surface area contributed by atoms with E-state index >= 15 is 0 Å². The quantitative estimate of drug-likeness (QED) is 0.172. The van der Waals surface area contributed by atoms with Crippen LogP contribution in [0.2, 0.25) is 0 Å². The van der Waals surface area contributed by atoms with Gasteiger partial charge in [-0.1, -0.05) is 158 Å². The highest BCUT2D eigenvalue weighted by molar-refractivity contribution is 6.13. The van der Waals surface area contributed by atoms with Gasteiger partial charge in [0.2, 0.25) is 0 Å². The zero-order valence-electron chi connectivity index (χ0n) is 30.2. The van der Waals surface area contributed by atoms with Crippen molar-refractivity contribution >= 4 is 43.7 Å². The summed E-state index contributed by atoms with van der Waals surface area (Å²) in [6, 6.07) is 67.4. The van der Waals surface area contributed by atoms with Crippen LogP contribution in [0, 0.1) is 0 Å². The van der Waals surface area contributed by atoms with Crippen molar-refractivity contribution in [2.24, 2.45) is 0 Å². The molecule has 0 N–H and O–H groups in total. The summed E-state index contributed by atoms with van der Waals surface area (Å²) in [6.45, 7) is 0.